The van der Waals surface area contributed by atoms with Crippen LogP contribution in [0.15, 0.2) is 163 Å². The molecule has 6 aromatic rings. The number of carbonyl (C=O) groups excluding carboxylic acids is 1. The highest BCUT2D eigenvalue weighted by Gasteiger charge is 2.39. The summed E-state index contributed by atoms with van der Waals surface area (Å²) in [4.78, 5) is 18.9. The summed E-state index contributed by atoms with van der Waals surface area (Å²) in [5.41, 5.74) is 8.72. The minimum Gasteiger partial charge on any atom is -0.392 e. The molecule has 2 aliphatic heterocycles. The zero-order chi connectivity index (χ0) is 44.5. The van der Waals surface area contributed by atoms with Gasteiger partial charge in [0, 0.05) is 57.3 Å². The van der Waals surface area contributed by atoms with Gasteiger partial charge in [-0.2, -0.15) is 4.72 Å². The number of nitrogens with one attached hydrogen (secondary N) is 2. The summed E-state index contributed by atoms with van der Waals surface area (Å²) in [6.45, 7) is 9.94. The number of aliphatic hydroxyl groups is 1. The van der Waals surface area contributed by atoms with Gasteiger partial charge in [-0.3, -0.25) is 14.6 Å². The maximum absolute atomic E-state index is 13.8. The van der Waals surface area contributed by atoms with Crippen molar-refractivity contribution >= 4 is 15.9 Å². The van der Waals surface area contributed by atoms with Crippen molar-refractivity contribution in [2.24, 2.45) is 5.92 Å². The molecule has 11 heteroatoms. The first-order valence-corrected chi connectivity index (χ1v) is 23.7. The van der Waals surface area contributed by atoms with Gasteiger partial charge in [0.2, 0.25) is 15.9 Å². The first-order chi connectivity index (χ1) is 31.1. The lowest BCUT2D eigenvalue weighted by molar-refractivity contribution is -0.276. The van der Waals surface area contributed by atoms with Crippen LogP contribution in [0.1, 0.15) is 58.3 Å². The maximum atomic E-state index is 13.8. The number of nitrogens with zero attached hydrogens (tertiary/aromatic N) is 2. The first-order valence-electron chi connectivity index (χ1n) is 22.2. The average Bonchev–Trinajstić information content (AvgIpc) is 3.33. The Morgan fingerprint density at radius 2 is 1.31 bits per heavy atom. The molecule has 2 heterocycles. The van der Waals surface area contributed by atoms with Gasteiger partial charge in [0.05, 0.1) is 23.7 Å². The third kappa shape index (κ3) is 11.6. The highest BCUT2D eigenvalue weighted by atomic mass is 32.2. The Labute approximate surface area is 377 Å². The van der Waals surface area contributed by atoms with Crippen LogP contribution in [0.3, 0.4) is 0 Å². The average molecular weight is 879 g/mol. The standard InChI is InChI=1S/C53H58N4O6S/c1-38-19-25-48(26-20-38)64(60,61)55-49(32-40-11-5-3-6-12-40)52(59)54-34-43-15-9-16-45(31-43)46-17-10-18-47(33-46)53-62-50(39(2)51(63-53)44-23-21-42(37-58)22-24-44)36-57-29-27-56(28-30-57)35-41-13-7-4-8-14-41/h3-26,31,33,39,49-51,53,55,58H,27-30,32,34-37H2,1-2H3,(H,54,59)/t39-,49+,50+,51+,53+/m0/s1. The quantitative estimate of drug-likeness (QED) is 0.0897. The number of carbonyl (C=O) groups is 1. The largest absolute Gasteiger partial charge is 0.392 e. The summed E-state index contributed by atoms with van der Waals surface area (Å²) in [6.07, 6.45) is -0.741. The summed E-state index contributed by atoms with van der Waals surface area (Å²) < 4.78 is 43.3. The topological polar surface area (TPSA) is 120 Å². The Morgan fingerprint density at radius 1 is 0.688 bits per heavy atom. The monoisotopic (exact) mass is 878 g/mol. The van der Waals surface area contributed by atoms with E-state index < -0.39 is 28.3 Å². The van der Waals surface area contributed by atoms with Crippen molar-refractivity contribution in [1.29, 1.82) is 0 Å². The Hall–Kier alpha value is -5.50. The number of amides is 1. The van der Waals surface area contributed by atoms with Crippen molar-refractivity contribution in [3.05, 3.63) is 197 Å². The SMILES string of the molecule is Cc1ccc(S(=O)(=O)N[C@H](Cc2ccccc2)C(=O)NCc2cccc(-c3cccc([C@@H]4O[C@H](CN5CCN(Cc6ccccc6)CC5)[C@H](C)[C@H](c5ccc(CO)cc5)O4)c3)c2)cc1. The molecule has 5 atom stereocenters. The van der Waals surface area contributed by atoms with Gasteiger partial charge in [0.25, 0.3) is 0 Å². The number of rotatable bonds is 16. The molecule has 332 valence electrons. The molecule has 3 N–H and O–H groups in total. The van der Waals surface area contributed by atoms with Gasteiger partial charge in [-0.15, -0.1) is 0 Å². The predicted molar refractivity (Wildman–Crippen MR) is 250 cm³/mol. The Kier molecular flexibility index (Phi) is 14.8. The van der Waals surface area contributed by atoms with Crippen molar-refractivity contribution in [3.8, 4) is 11.1 Å². The number of ether oxygens (including phenoxy) is 2. The van der Waals surface area contributed by atoms with Crippen LogP contribution in [0, 0.1) is 12.8 Å². The molecule has 8 rings (SSSR count). The predicted octanol–water partition coefficient (Wildman–Crippen LogP) is 7.97. The summed E-state index contributed by atoms with van der Waals surface area (Å²) >= 11 is 0. The van der Waals surface area contributed by atoms with Crippen LogP contribution in [-0.4, -0.2) is 74.1 Å². The van der Waals surface area contributed by atoms with E-state index in [-0.39, 0.29) is 42.6 Å². The second-order valence-corrected chi connectivity index (χ2v) is 18.8. The first kappa shape index (κ1) is 45.1. The van der Waals surface area contributed by atoms with Crippen molar-refractivity contribution in [2.75, 3.05) is 32.7 Å². The molecule has 10 nitrogen and oxygen atoms in total. The van der Waals surface area contributed by atoms with Gasteiger partial charge in [-0.05, 0) is 76.6 Å². The van der Waals surface area contributed by atoms with Crippen LogP contribution in [0.5, 0.6) is 0 Å². The van der Waals surface area contributed by atoms with Gasteiger partial charge < -0.3 is 19.9 Å². The van der Waals surface area contributed by atoms with E-state index in [1.54, 1.807) is 24.3 Å². The zero-order valence-corrected chi connectivity index (χ0v) is 37.4. The molecule has 1 amide bonds. The minimum absolute atomic E-state index is 0.0167. The summed E-state index contributed by atoms with van der Waals surface area (Å²) in [7, 11) is -3.97. The lowest BCUT2D eigenvalue weighted by Crippen LogP contribution is -2.51. The van der Waals surface area contributed by atoms with E-state index in [2.05, 4.69) is 81.4 Å². The van der Waals surface area contributed by atoms with Crippen molar-refractivity contribution < 1.29 is 27.8 Å². The van der Waals surface area contributed by atoms with Gasteiger partial charge in [-0.25, -0.2) is 8.42 Å². The second kappa shape index (κ2) is 21.0. The molecule has 2 saturated heterocycles. The van der Waals surface area contributed by atoms with Gasteiger partial charge in [-0.1, -0.05) is 146 Å². The number of hydrogen-bond acceptors (Lipinski definition) is 8. The number of sulfonamides is 1. The maximum Gasteiger partial charge on any atom is 0.241 e. The fourth-order valence-electron chi connectivity index (χ4n) is 8.60. The Bertz CT molecular complexity index is 2550. The molecule has 2 aliphatic rings. The fraction of sp³-hybridized carbons (Fsp3) is 0.302. The summed E-state index contributed by atoms with van der Waals surface area (Å²) in [5.74, 6) is -0.351. The molecular weight excluding hydrogens is 821 g/mol. The number of piperazine rings is 1. The fourth-order valence-corrected chi connectivity index (χ4v) is 9.80. The number of hydrogen-bond donors (Lipinski definition) is 3. The van der Waals surface area contributed by atoms with Crippen LogP contribution in [0.4, 0.5) is 0 Å². The lowest BCUT2D eigenvalue weighted by atomic mass is 9.89. The molecule has 6 aromatic carbocycles. The van der Waals surface area contributed by atoms with E-state index >= 15 is 0 Å². The van der Waals surface area contributed by atoms with Crippen LogP contribution < -0.4 is 10.0 Å². The molecule has 0 aliphatic carbocycles. The van der Waals surface area contributed by atoms with Gasteiger partial charge >= 0.3 is 0 Å². The number of aryl methyl sites for hydroxylation is 1. The van der Waals surface area contributed by atoms with Crippen molar-refractivity contribution in [3.63, 3.8) is 0 Å². The molecular formula is C53H58N4O6S. The van der Waals surface area contributed by atoms with Crippen LogP contribution >= 0.6 is 0 Å². The van der Waals surface area contributed by atoms with E-state index in [1.165, 1.54) is 5.56 Å². The summed E-state index contributed by atoms with van der Waals surface area (Å²) in [5, 5.41) is 12.7. The lowest BCUT2D eigenvalue weighted by Gasteiger charge is -2.44. The number of aliphatic hydroxyl groups excluding tert-OH is 1. The molecule has 64 heavy (non-hydrogen) atoms. The van der Waals surface area contributed by atoms with Crippen LogP contribution in [0.2, 0.25) is 0 Å². The molecule has 0 spiro atoms. The molecule has 0 bridgehead atoms. The van der Waals surface area contributed by atoms with Crippen LogP contribution in [0.25, 0.3) is 11.1 Å². The molecule has 0 saturated carbocycles. The highest BCUT2D eigenvalue weighted by Crippen LogP contribution is 2.42. The smallest absolute Gasteiger partial charge is 0.241 e. The highest BCUT2D eigenvalue weighted by molar-refractivity contribution is 7.89. The zero-order valence-electron chi connectivity index (χ0n) is 36.6. The van der Waals surface area contributed by atoms with Crippen molar-refractivity contribution in [1.82, 2.24) is 19.8 Å². The van der Waals surface area contributed by atoms with Crippen molar-refractivity contribution in [2.45, 2.75) is 69.4 Å². The molecule has 0 unspecified atom stereocenters. The van der Waals surface area contributed by atoms with E-state index in [0.717, 1.165) is 83.8 Å². The van der Waals surface area contributed by atoms with E-state index in [1.807, 2.05) is 85.8 Å². The number of benzene rings is 6. The van der Waals surface area contributed by atoms with Gasteiger partial charge in [0.15, 0.2) is 6.29 Å². The third-order valence-corrected chi connectivity index (χ3v) is 13.9. The Morgan fingerprint density at radius 3 is 2.00 bits per heavy atom. The van der Waals surface area contributed by atoms with Gasteiger partial charge in [0.1, 0.15) is 6.04 Å². The van der Waals surface area contributed by atoms with E-state index in [0.29, 0.717) is 0 Å². The molecule has 0 aromatic heterocycles. The van der Waals surface area contributed by atoms with Crippen LogP contribution in [-0.2, 0) is 50.4 Å². The molecule has 0 radical (unpaired) electrons. The molecule has 2 fully saturated rings. The Balaban J connectivity index is 0.965. The summed E-state index contributed by atoms with van der Waals surface area (Å²) in [6, 6.07) is 49.8. The second-order valence-electron chi connectivity index (χ2n) is 17.1. The normalized spacial score (nSPS) is 20.1. The van der Waals surface area contributed by atoms with E-state index in [4.69, 9.17) is 9.47 Å². The van der Waals surface area contributed by atoms with E-state index in [9.17, 15) is 18.3 Å². The third-order valence-electron chi connectivity index (χ3n) is 12.4. The minimum atomic E-state index is -3.97.